The maximum absolute atomic E-state index is 12.5. The average molecular weight is 409 g/mol. The molecule has 1 aromatic heterocycles. The van der Waals surface area contributed by atoms with Crippen LogP contribution < -0.4 is 10.1 Å². The van der Waals surface area contributed by atoms with E-state index >= 15 is 0 Å². The van der Waals surface area contributed by atoms with Gasteiger partial charge >= 0.3 is 0 Å². The minimum Gasteiger partial charge on any atom is -0.494 e. The zero-order valence-electron chi connectivity index (χ0n) is 17.1. The number of carbonyl (C=O) groups excluding carboxylic acids is 1. The van der Waals surface area contributed by atoms with E-state index < -0.39 is 0 Å². The van der Waals surface area contributed by atoms with Crippen LogP contribution in [-0.4, -0.2) is 17.5 Å². The molecule has 0 spiro atoms. The van der Waals surface area contributed by atoms with Gasteiger partial charge in [-0.05, 0) is 60.4 Å². The lowest BCUT2D eigenvalue weighted by Crippen LogP contribution is -2.13. The molecule has 1 N–H and O–H groups in total. The highest BCUT2D eigenvalue weighted by molar-refractivity contribution is 6.33. The van der Waals surface area contributed by atoms with Crippen molar-refractivity contribution in [2.75, 3.05) is 11.9 Å². The molecule has 4 nitrogen and oxygen atoms in total. The molecule has 3 rings (SSSR count). The smallest absolute Gasteiger partial charge is 0.257 e. The number of hydrogen-bond acceptors (Lipinski definition) is 3. The van der Waals surface area contributed by atoms with Crippen molar-refractivity contribution >= 4 is 23.2 Å². The van der Waals surface area contributed by atoms with Crippen molar-refractivity contribution in [2.45, 2.75) is 33.1 Å². The molecule has 0 radical (unpaired) electrons. The van der Waals surface area contributed by atoms with Crippen molar-refractivity contribution in [1.29, 1.82) is 0 Å². The third-order valence-corrected chi connectivity index (χ3v) is 4.87. The number of rotatable bonds is 5. The Morgan fingerprint density at radius 3 is 2.34 bits per heavy atom. The lowest BCUT2D eigenvalue weighted by molar-refractivity contribution is 0.102. The zero-order valence-corrected chi connectivity index (χ0v) is 17.9. The van der Waals surface area contributed by atoms with Gasteiger partial charge in [-0.2, -0.15) is 0 Å². The SMILES string of the molecule is CCOc1ccc(-c2ccc(C(=O)Nc3ccc(C(C)(C)C)cc3)cn2)c(Cl)c1. The van der Waals surface area contributed by atoms with Gasteiger partial charge in [0.25, 0.3) is 5.91 Å². The minimum atomic E-state index is -0.203. The van der Waals surface area contributed by atoms with Gasteiger partial charge in [-0.1, -0.05) is 44.5 Å². The van der Waals surface area contributed by atoms with Gasteiger partial charge in [-0.25, -0.2) is 0 Å². The van der Waals surface area contributed by atoms with Crippen LogP contribution in [0.3, 0.4) is 0 Å². The van der Waals surface area contributed by atoms with E-state index in [1.165, 1.54) is 5.56 Å². The molecule has 1 amide bonds. The summed E-state index contributed by atoms with van der Waals surface area (Å²) in [6, 6.07) is 16.9. The molecule has 150 valence electrons. The number of anilines is 1. The van der Waals surface area contributed by atoms with Gasteiger partial charge in [0.05, 0.1) is 22.9 Å². The van der Waals surface area contributed by atoms with Gasteiger partial charge in [-0.15, -0.1) is 0 Å². The summed E-state index contributed by atoms with van der Waals surface area (Å²) >= 11 is 6.35. The van der Waals surface area contributed by atoms with Crippen LogP contribution in [0.15, 0.2) is 60.8 Å². The quantitative estimate of drug-likeness (QED) is 0.535. The molecule has 0 aliphatic heterocycles. The summed E-state index contributed by atoms with van der Waals surface area (Å²) in [7, 11) is 0. The number of ether oxygens (including phenoxy) is 1. The van der Waals surface area contributed by atoms with Crippen LogP contribution in [0.1, 0.15) is 43.6 Å². The summed E-state index contributed by atoms with van der Waals surface area (Å²) in [5.41, 5.74) is 4.01. The molecule has 0 unspecified atom stereocenters. The molecule has 5 heteroatoms. The van der Waals surface area contributed by atoms with Crippen molar-refractivity contribution in [3.8, 4) is 17.0 Å². The number of halogens is 1. The summed E-state index contributed by atoms with van der Waals surface area (Å²) in [6.45, 7) is 8.97. The van der Waals surface area contributed by atoms with Gasteiger partial charge in [0.1, 0.15) is 5.75 Å². The van der Waals surface area contributed by atoms with Crippen LogP contribution in [0, 0.1) is 0 Å². The molecule has 2 aromatic carbocycles. The molecule has 29 heavy (non-hydrogen) atoms. The maximum atomic E-state index is 12.5. The van der Waals surface area contributed by atoms with Crippen LogP contribution in [0.2, 0.25) is 5.02 Å². The Hall–Kier alpha value is -2.85. The highest BCUT2D eigenvalue weighted by Gasteiger charge is 2.14. The minimum absolute atomic E-state index is 0.0738. The second-order valence-electron chi connectivity index (χ2n) is 7.79. The predicted molar refractivity (Wildman–Crippen MR) is 119 cm³/mol. The van der Waals surface area contributed by atoms with Crippen molar-refractivity contribution < 1.29 is 9.53 Å². The number of pyridine rings is 1. The van der Waals surface area contributed by atoms with Crippen LogP contribution in [0.25, 0.3) is 11.3 Å². The molecular formula is C24H25ClN2O2. The molecule has 0 atom stereocenters. The average Bonchev–Trinajstić information content (AvgIpc) is 2.68. The van der Waals surface area contributed by atoms with Crippen molar-refractivity contribution in [2.24, 2.45) is 0 Å². The van der Waals surface area contributed by atoms with Gasteiger partial charge in [0.15, 0.2) is 0 Å². The Balaban J connectivity index is 1.72. The number of hydrogen-bond donors (Lipinski definition) is 1. The largest absolute Gasteiger partial charge is 0.494 e. The number of nitrogens with one attached hydrogen (secondary N) is 1. The van der Waals surface area contributed by atoms with Gasteiger partial charge < -0.3 is 10.1 Å². The number of amides is 1. The number of nitrogens with zero attached hydrogens (tertiary/aromatic N) is 1. The first-order valence-electron chi connectivity index (χ1n) is 9.58. The van der Waals surface area contributed by atoms with Crippen molar-refractivity contribution in [1.82, 2.24) is 4.98 Å². The standard InChI is InChI=1S/C24H25ClN2O2/c1-5-29-19-11-12-20(21(25)14-19)22-13-6-16(15-26-22)23(28)27-18-9-7-17(8-10-18)24(2,3)4/h6-15H,5H2,1-4H3,(H,27,28). The molecule has 0 saturated carbocycles. The summed E-state index contributed by atoms with van der Waals surface area (Å²) in [5.74, 6) is 0.514. The molecule has 0 bridgehead atoms. The Morgan fingerprint density at radius 1 is 1.07 bits per heavy atom. The molecule has 0 aliphatic rings. The fourth-order valence-electron chi connectivity index (χ4n) is 2.90. The number of aromatic nitrogens is 1. The zero-order chi connectivity index (χ0) is 21.0. The Bertz CT molecular complexity index is 991. The van der Waals surface area contributed by atoms with E-state index in [1.807, 2.05) is 43.3 Å². The van der Waals surface area contributed by atoms with Gasteiger partial charge in [0, 0.05) is 17.4 Å². The Kier molecular flexibility index (Phi) is 6.23. The first-order valence-corrected chi connectivity index (χ1v) is 9.96. The molecule has 0 fully saturated rings. The van der Waals surface area contributed by atoms with Crippen LogP contribution >= 0.6 is 11.6 Å². The summed E-state index contributed by atoms with van der Waals surface area (Å²) < 4.78 is 5.45. The summed E-state index contributed by atoms with van der Waals surface area (Å²) in [4.78, 5) is 16.9. The Labute approximate surface area is 176 Å². The van der Waals surface area contributed by atoms with Crippen LogP contribution in [-0.2, 0) is 5.41 Å². The molecule has 0 aliphatic carbocycles. The number of carbonyl (C=O) groups is 1. The van der Waals surface area contributed by atoms with Crippen molar-refractivity contribution in [3.63, 3.8) is 0 Å². The summed E-state index contributed by atoms with van der Waals surface area (Å²) in [5, 5.41) is 3.46. The van der Waals surface area contributed by atoms with Gasteiger partial charge in [-0.3, -0.25) is 9.78 Å². The highest BCUT2D eigenvalue weighted by atomic mass is 35.5. The fraction of sp³-hybridized carbons (Fsp3) is 0.250. The molecule has 3 aromatic rings. The topological polar surface area (TPSA) is 51.2 Å². The lowest BCUT2D eigenvalue weighted by atomic mass is 9.87. The normalized spacial score (nSPS) is 11.2. The first-order chi connectivity index (χ1) is 13.8. The van der Waals surface area contributed by atoms with Crippen molar-refractivity contribution in [3.05, 3.63) is 76.9 Å². The fourth-order valence-corrected chi connectivity index (χ4v) is 3.17. The second-order valence-corrected chi connectivity index (χ2v) is 8.20. The third kappa shape index (κ3) is 5.15. The van der Waals surface area contributed by atoms with E-state index in [9.17, 15) is 4.79 Å². The van der Waals surface area contributed by atoms with Gasteiger partial charge in [0.2, 0.25) is 0 Å². The van der Waals surface area contributed by atoms with E-state index in [4.69, 9.17) is 16.3 Å². The third-order valence-electron chi connectivity index (χ3n) is 4.56. The predicted octanol–water partition coefficient (Wildman–Crippen LogP) is 6.35. The monoisotopic (exact) mass is 408 g/mol. The second kappa shape index (κ2) is 8.66. The van der Waals surface area contributed by atoms with E-state index in [0.717, 1.165) is 17.0 Å². The van der Waals surface area contributed by atoms with E-state index in [0.29, 0.717) is 22.9 Å². The highest BCUT2D eigenvalue weighted by Crippen LogP contribution is 2.30. The maximum Gasteiger partial charge on any atom is 0.257 e. The van der Waals surface area contributed by atoms with E-state index in [-0.39, 0.29) is 11.3 Å². The first kappa shape index (κ1) is 20.9. The van der Waals surface area contributed by atoms with Crippen LogP contribution in [0.4, 0.5) is 5.69 Å². The Morgan fingerprint density at radius 2 is 1.79 bits per heavy atom. The molecular weight excluding hydrogens is 384 g/mol. The van der Waals surface area contributed by atoms with Crippen LogP contribution in [0.5, 0.6) is 5.75 Å². The molecule has 1 heterocycles. The lowest BCUT2D eigenvalue weighted by Gasteiger charge is -2.19. The summed E-state index contributed by atoms with van der Waals surface area (Å²) in [6.07, 6.45) is 1.56. The number of benzene rings is 2. The van der Waals surface area contributed by atoms with E-state index in [1.54, 1.807) is 24.4 Å². The van der Waals surface area contributed by atoms with E-state index in [2.05, 4.69) is 31.1 Å². The molecule has 0 saturated heterocycles.